The van der Waals surface area contributed by atoms with Gasteiger partial charge in [-0.15, -0.1) is 0 Å². The number of carbonyl (C=O) groups is 4. The van der Waals surface area contributed by atoms with Crippen molar-refractivity contribution >= 4 is 24.1 Å². The van der Waals surface area contributed by atoms with Crippen molar-refractivity contribution in [3.8, 4) is 11.5 Å². The first kappa shape index (κ1) is 34.9. The minimum Gasteiger partial charge on any atom is -0.480 e. The summed E-state index contributed by atoms with van der Waals surface area (Å²) in [5.74, 6) is -3.78. The van der Waals surface area contributed by atoms with E-state index in [9.17, 15) is 24.3 Å². The molecule has 0 fully saturated rings. The molecule has 3 unspecified atom stereocenters. The quantitative estimate of drug-likeness (QED) is 0.189. The van der Waals surface area contributed by atoms with E-state index in [2.05, 4.69) is 0 Å². The molecule has 6 atom stereocenters. The lowest BCUT2D eigenvalue weighted by Gasteiger charge is -2.34. The second-order valence-electron chi connectivity index (χ2n) is 10.7. The highest BCUT2D eigenvalue weighted by molar-refractivity contribution is 5.80. The largest absolute Gasteiger partial charge is 0.508 e. The van der Waals surface area contributed by atoms with Crippen LogP contribution in [0.15, 0.2) is 18.2 Å². The molecular formula is C30H47NO9. The number of hydrogen-bond donors (Lipinski definition) is 2. The van der Waals surface area contributed by atoms with Crippen LogP contribution in [0, 0.1) is 17.8 Å². The second-order valence-corrected chi connectivity index (χ2v) is 10.7. The van der Waals surface area contributed by atoms with Crippen molar-refractivity contribution in [2.45, 2.75) is 112 Å². The Morgan fingerprint density at radius 3 is 1.85 bits per heavy atom. The monoisotopic (exact) mass is 565 g/mol. The van der Waals surface area contributed by atoms with Crippen molar-refractivity contribution in [1.29, 1.82) is 0 Å². The first-order valence-corrected chi connectivity index (χ1v) is 14.2. The van der Waals surface area contributed by atoms with Crippen LogP contribution in [0.4, 0.5) is 4.79 Å². The lowest BCUT2D eigenvalue weighted by Crippen LogP contribution is -2.58. The van der Waals surface area contributed by atoms with Gasteiger partial charge in [0.15, 0.2) is 11.5 Å². The molecule has 0 spiro atoms. The number of ether oxygens (including phenoxy) is 4. The first-order valence-electron chi connectivity index (χ1n) is 14.2. The van der Waals surface area contributed by atoms with Gasteiger partial charge in [0.05, 0.1) is 11.8 Å². The minimum absolute atomic E-state index is 0.00400. The van der Waals surface area contributed by atoms with Crippen LogP contribution < -0.4 is 15.2 Å². The lowest BCUT2D eigenvalue weighted by atomic mass is 9.78. The van der Waals surface area contributed by atoms with E-state index in [1.165, 1.54) is 12.1 Å². The standard InChI is InChI=1S/C30H47NO9/c1-9-12-18(4)26(32)39-24-15-14-23(16-25(24)40-27(33)19(5)13-10-2)17-30(31,28(34)35)21(7)22(8)38-29(36)37-20(6)11-3/h14-16,18-22H,9-13,17,31H2,1-8H3,(H,34,35)/t18?,19?,20?,21-,22+,30-/m1/s1. The van der Waals surface area contributed by atoms with Gasteiger partial charge in [0.1, 0.15) is 17.7 Å². The van der Waals surface area contributed by atoms with Crippen LogP contribution in [0.25, 0.3) is 0 Å². The Kier molecular flexibility index (Phi) is 14.1. The Morgan fingerprint density at radius 1 is 0.850 bits per heavy atom. The van der Waals surface area contributed by atoms with Gasteiger partial charge >= 0.3 is 24.1 Å². The van der Waals surface area contributed by atoms with Crippen LogP contribution in [-0.4, -0.2) is 46.9 Å². The summed E-state index contributed by atoms with van der Waals surface area (Å²) in [7, 11) is 0. The maximum atomic E-state index is 12.7. The van der Waals surface area contributed by atoms with E-state index < -0.39 is 47.5 Å². The van der Waals surface area contributed by atoms with Gasteiger partial charge in [-0.2, -0.15) is 0 Å². The summed E-state index contributed by atoms with van der Waals surface area (Å²) in [6, 6.07) is 4.50. The van der Waals surface area contributed by atoms with Crippen molar-refractivity contribution in [3.63, 3.8) is 0 Å². The summed E-state index contributed by atoms with van der Waals surface area (Å²) in [6.45, 7) is 14.1. The summed E-state index contributed by atoms with van der Waals surface area (Å²) < 4.78 is 21.7. The normalized spacial score (nSPS) is 16.4. The number of aliphatic carboxylic acids is 1. The topological polar surface area (TPSA) is 151 Å². The van der Waals surface area contributed by atoms with E-state index in [0.29, 0.717) is 24.8 Å². The Bertz CT molecular complexity index is 1010. The number of hydrogen-bond acceptors (Lipinski definition) is 9. The van der Waals surface area contributed by atoms with Gasteiger partial charge in [0.25, 0.3) is 0 Å². The molecule has 0 aliphatic carbocycles. The average Bonchev–Trinajstić information content (AvgIpc) is 2.89. The van der Waals surface area contributed by atoms with Crippen LogP contribution in [0.3, 0.4) is 0 Å². The third-order valence-corrected chi connectivity index (χ3v) is 7.24. The maximum Gasteiger partial charge on any atom is 0.508 e. The zero-order valence-electron chi connectivity index (χ0n) is 25.2. The summed E-state index contributed by atoms with van der Waals surface area (Å²) in [6.07, 6.45) is 1.10. The van der Waals surface area contributed by atoms with E-state index in [4.69, 9.17) is 24.7 Å². The number of esters is 2. The number of rotatable bonds is 16. The van der Waals surface area contributed by atoms with Crippen molar-refractivity contribution in [2.75, 3.05) is 0 Å². The van der Waals surface area contributed by atoms with E-state index in [1.807, 2.05) is 20.8 Å². The number of benzene rings is 1. The highest BCUT2D eigenvalue weighted by Gasteiger charge is 2.44. The molecule has 0 aliphatic rings. The molecule has 40 heavy (non-hydrogen) atoms. The lowest BCUT2D eigenvalue weighted by molar-refractivity contribution is -0.147. The van der Waals surface area contributed by atoms with Gasteiger partial charge in [-0.1, -0.05) is 60.5 Å². The Morgan fingerprint density at radius 2 is 1.38 bits per heavy atom. The molecule has 1 aromatic rings. The summed E-state index contributed by atoms with van der Waals surface area (Å²) >= 11 is 0. The van der Waals surface area contributed by atoms with Crippen LogP contribution in [-0.2, 0) is 30.3 Å². The summed E-state index contributed by atoms with van der Waals surface area (Å²) in [4.78, 5) is 49.9. The van der Waals surface area contributed by atoms with Crippen LogP contribution in [0.2, 0.25) is 0 Å². The SMILES string of the molecule is CCCC(C)C(=O)Oc1ccc(C[C@](N)(C(=O)O)[C@H](C)[C@H](C)OC(=O)OC(C)CC)cc1OC(=O)C(C)CCC. The van der Waals surface area contributed by atoms with Crippen molar-refractivity contribution in [1.82, 2.24) is 0 Å². The molecule has 226 valence electrons. The van der Waals surface area contributed by atoms with E-state index in [-0.39, 0.29) is 29.9 Å². The Labute approximate surface area is 237 Å². The molecule has 10 nitrogen and oxygen atoms in total. The fraction of sp³-hybridized carbons (Fsp3) is 0.667. The van der Waals surface area contributed by atoms with Gasteiger partial charge in [0, 0.05) is 12.3 Å². The predicted octanol–water partition coefficient (Wildman–Crippen LogP) is 5.67. The molecule has 0 bridgehead atoms. The molecular weight excluding hydrogens is 518 g/mol. The van der Waals surface area contributed by atoms with E-state index in [0.717, 1.165) is 12.8 Å². The molecule has 0 saturated carbocycles. The fourth-order valence-corrected chi connectivity index (χ4v) is 4.06. The average molecular weight is 566 g/mol. The third kappa shape index (κ3) is 10.1. The van der Waals surface area contributed by atoms with Crippen molar-refractivity contribution in [2.24, 2.45) is 23.5 Å². The van der Waals surface area contributed by atoms with Crippen molar-refractivity contribution in [3.05, 3.63) is 23.8 Å². The molecule has 0 radical (unpaired) electrons. The summed E-state index contributed by atoms with van der Waals surface area (Å²) in [5.41, 5.74) is 5.00. The summed E-state index contributed by atoms with van der Waals surface area (Å²) in [5, 5.41) is 10.1. The van der Waals surface area contributed by atoms with Gasteiger partial charge < -0.3 is 29.8 Å². The molecule has 3 N–H and O–H groups in total. The van der Waals surface area contributed by atoms with Crippen LogP contribution >= 0.6 is 0 Å². The first-order chi connectivity index (χ1) is 18.7. The van der Waals surface area contributed by atoms with Crippen LogP contribution in [0.5, 0.6) is 11.5 Å². The Balaban J connectivity index is 3.31. The van der Waals surface area contributed by atoms with Crippen molar-refractivity contribution < 1.29 is 43.2 Å². The van der Waals surface area contributed by atoms with Gasteiger partial charge in [-0.05, 0) is 50.8 Å². The maximum absolute atomic E-state index is 12.7. The van der Waals surface area contributed by atoms with Gasteiger partial charge in [-0.3, -0.25) is 14.4 Å². The molecule has 1 aromatic carbocycles. The molecule has 0 heterocycles. The van der Waals surface area contributed by atoms with Gasteiger partial charge in [0.2, 0.25) is 0 Å². The molecule has 0 aliphatic heterocycles. The third-order valence-electron chi connectivity index (χ3n) is 7.24. The van der Waals surface area contributed by atoms with E-state index in [1.54, 1.807) is 40.7 Å². The zero-order valence-corrected chi connectivity index (χ0v) is 25.2. The molecule has 0 amide bonds. The molecule has 10 heteroatoms. The predicted molar refractivity (Wildman–Crippen MR) is 150 cm³/mol. The van der Waals surface area contributed by atoms with E-state index >= 15 is 0 Å². The number of nitrogens with two attached hydrogens (primary N) is 1. The van der Waals surface area contributed by atoms with Gasteiger partial charge in [-0.25, -0.2) is 4.79 Å². The number of carbonyl (C=O) groups excluding carboxylic acids is 3. The number of carboxylic acids is 1. The number of carboxylic acid groups (broad SMARTS) is 1. The smallest absolute Gasteiger partial charge is 0.480 e. The highest BCUT2D eigenvalue weighted by atomic mass is 16.7. The fourth-order valence-electron chi connectivity index (χ4n) is 4.06. The Hall–Kier alpha value is -3.14. The molecule has 0 saturated heterocycles. The zero-order chi connectivity index (χ0) is 30.6. The van der Waals surface area contributed by atoms with Crippen LogP contribution in [0.1, 0.15) is 93.1 Å². The second kappa shape index (κ2) is 16.2. The molecule has 0 aromatic heterocycles. The minimum atomic E-state index is -1.86. The highest BCUT2D eigenvalue weighted by Crippen LogP contribution is 2.33. The molecule has 1 rings (SSSR count).